The third-order valence-corrected chi connectivity index (χ3v) is 3.18. The van der Waals surface area contributed by atoms with E-state index in [0.29, 0.717) is 18.0 Å². The van der Waals surface area contributed by atoms with E-state index in [1.165, 1.54) is 12.3 Å². The van der Waals surface area contributed by atoms with Gasteiger partial charge in [-0.15, -0.1) is 0 Å². The number of halogens is 1. The Morgan fingerprint density at radius 2 is 2.00 bits per heavy atom. The number of hydrogen-bond donors (Lipinski definition) is 0. The second-order valence-corrected chi connectivity index (χ2v) is 5.19. The fourth-order valence-corrected chi connectivity index (χ4v) is 2.22. The lowest BCUT2D eigenvalue weighted by Gasteiger charge is -2.32. The van der Waals surface area contributed by atoms with Gasteiger partial charge in [0, 0.05) is 30.4 Å². The standard InChI is InChI=1S/C15H23FN2O/c1-5-13(6-2)18(10-11(3)4)15(19)12-7-8-17-14(16)9-12/h7-9,11,13H,5-6,10H2,1-4H3. The van der Waals surface area contributed by atoms with Gasteiger partial charge in [0.1, 0.15) is 0 Å². The first-order valence-corrected chi connectivity index (χ1v) is 6.92. The molecule has 1 heterocycles. The largest absolute Gasteiger partial charge is 0.335 e. The minimum Gasteiger partial charge on any atom is -0.335 e. The normalized spacial score (nSPS) is 11.1. The molecule has 106 valence electrons. The number of nitrogens with zero attached hydrogens (tertiary/aromatic N) is 2. The molecule has 1 rings (SSSR count). The average molecular weight is 266 g/mol. The van der Waals surface area contributed by atoms with Crippen LogP contribution >= 0.6 is 0 Å². The van der Waals surface area contributed by atoms with E-state index in [-0.39, 0.29) is 11.9 Å². The summed E-state index contributed by atoms with van der Waals surface area (Å²) in [5.41, 5.74) is 0.375. The zero-order chi connectivity index (χ0) is 14.4. The second kappa shape index (κ2) is 7.22. The summed E-state index contributed by atoms with van der Waals surface area (Å²) in [6, 6.07) is 2.98. The molecular formula is C15H23FN2O. The molecule has 0 saturated carbocycles. The van der Waals surface area contributed by atoms with Crippen molar-refractivity contribution >= 4 is 5.91 Å². The molecule has 3 nitrogen and oxygen atoms in total. The number of hydrogen-bond acceptors (Lipinski definition) is 2. The molecule has 0 aromatic carbocycles. The van der Waals surface area contributed by atoms with E-state index in [1.54, 1.807) is 6.07 Å². The average Bonchev–Trinajstić information content (AvgIpc) is 2.37. The molecule has 0 saturated heterocycles. The Balaban J connectivity index is 2.99. The summed E-state index contributed by atoms with van der Waals surface area (Å²) in [5.74, 6) is -0.333. The molecular weight excluding hydrogens is 243 g/mol. The molecule has 0 aliphatic rings. The van der Waals surface area contributed by atoms with Crippen LogP contribution in [0.15, 0.2) is 18.3 Å². The lowest BCUT2D eigenvalue weighted by molar-refractivity contribution is 0.0639. The molecule has 0 aliphatic heterocycles. The van der Waals surface area contributed by atoms with Crippen molar-refractivity contribution < 1.29 is 9.18 Å². The summed E-state index contributed by atoms with van der Waals surface area (Å²) in [7, 11) is 0. The Labute approximate surface area is 114 Å². The van der Waals surface area contributed by atoms with Crippen LogP contribution in [0.2, 0.25) is 0 Å². The predicted molar refractivity (Wildman–Crippen MR) is 74.4 cm³/mol. The fourth-order valence-electron chi connectivity index (χ4n) is 2.22. The van der Waals surface area contributed by atoms with Crippen molar-refractivity contribution in [1.29, 1.82) is 0 Å². The zero-order valence-electron chi connectivity index (χ0n) is 12.2. The topological polar surface area (TPSA) is 33.2 Å². The maximum Gasteiger partial charge on any atom is 0.254 e. The van der Waals surface area contributed by atoms with Crippen LogP contribution < -0.4 is 0 Å². The molecule has 0 unspecified atom stereocenters. The number of amides is 1. The van der Waals surface area contributed by atoms with Crippen LogP contribution in [0.4, 0.5) is 4.39 Å². The van der Waals surface area contributed by atoms with E-state index in [4.69, 9.17) is 0 Å². The van der Waals surface area contributed by atoms with Crippen molar-refractivity contribution in [1.82, 2.24) is 9.88 Å². The van der Waals surface area contributed by atoms with E-state index < -0.39 is 5.95 Å². The Bertz CT molecular complexity index is 416. The highest BCUT2D eigenvalue weighted by atomic mass is 19.1. The maximum absolute atomic E-state index is 13.1. The number of aromatic nitrogens is 1. The van der Waals surface area contributed by atoms with E-state index in [2.05, 4.69) is 32.7 Å². The highest BCUT2D eigenvalue weighted by molar-refractivity contribution is 5.94. The van der Waals surface area contributed by atoms with Crippen molar-refractivity contribution in [2.75, 3.05) is 6.54 Å². The van der Waals surface area contributed by atoms with Crippen molar-refractivity contribution in [2.24, 2.45) is 5.92 Å². The van der Waals surface area contributed by atoms with Gasteiger partial charge < -0.3 is 4.90 Å². The lowest BCUT2D eigenvalue weighted by Crippen LogP contribution is -2.42. The Hall–Kier alpha value is -1.45. The van der Waals surface area contributed by atoms with E-state index in [0.717, 1.165) is 12.8 Å². The van der Waals surface area contributed by atoms with Crippen LogP contribution in [-0.4, -0.2) is 28.4 Å². The molecule has 1 amide bonds. The van der Waals surface area contributed by atoms with Gasteiger partial charge in [0.05, 0.1) is 0 Å². The van der Waals surface area contributed by atoms with Gasteiger partial charge in [-0.3, -0.25) is 4.79 Å². The van der Waals surface area contributed by atoms with Crippen LogP contribution in [0.5, 0.6) is 0 Å². The monoisotopic (exact) mass is 266 g/mol. The zero-order valence-corrected chi connectivity index (χ0v) is 12.2. The summed E-state index contributed by atoms with van der Waals surface area (Å²) in [4.78, 5) is 17.9. The van der Waals surface area contributed by atoms with Crippen LogP contribution in [0.1, 0.15) is 50.9 Å². The first kappa shape index (κ1) is 15.6. The van der Waals surface area contributed by atoms with Gasteiger partial charge in [-0.1, -0.05) is 27.7 Å². The first-order valence-electron chi connectivity index (χ1n) is 6.92. The van der Waals surface area contributed by atoms with Gasteiger partial charge in [0.2, 0.25) is 5.95 Å². The van der Waals surface area contributed by atoms with Crippen molar-refractivity contribution in [3.05, 3.63) is 29.8 Å². The molecule has 0 atom stereocenters. The summed E-state index contributed by atoms with van der Waals surface area (Å²) >= 11 is 0. The molecule has 1 aromatic heterocycles. The Morgan fingerprint density at radius 1 is 1.37 bits per heavy atom. The Morgan fingerprint density at radius 3 is 2.47 bits per heavy atom. The summed E-state index contributed by atoms with van der Waals surface area (Å²) in [6.07, 6.45) is 3.15. The number of pyridine rings is 1. The van der Waals surface area contributed by atoms with Crippen molar-refractivity contribution in [2.45, 2.75) is 46.6 Å². The van der Waals surface area contributed by atoms with E-state index >= 15 is 0 Å². The molecule has 0 spiro atoms. The first-order chi connectivity index (χ1) is 8.99. The third-order valence-electron chi connectivity index (χ3n) is 3.18. The van der Waals surface area contributed by atoms with Gasteiger partial charge in [0.15, 0.2) is 0 Å². The van der Waals surface area contributed by atoms with Crippen molar-refractivity contribution in [3.63, 3.8) is 0 Å². The van der Waals surface area contributed by atoms with Crippen LogP contribution in [-0.2, 0) is 0 Å². The molecule has 0 bridgehead atoms. The fraction of sp³-hybridized carbons (Fsp3) is 0.600. The van der Waals surface area contributed by atoms with E-state index in [1.807, 2.05) is 4.90 Å². The molecule has 1 aromatic rings. The molecule has 0 N–H and O–H groups in total. The predicted octanol–water partition coefficient (Wildman–Crippen LogP) is 3.51. The summed E-state index contributed by atoms with van der Waals surface area (Å²) < 4.78 is 13.1. The van der Waals surface area contributed by atoms with Crippen LogP contribution in [0, 0.1) is 11.9 Å². The van der Waals surface area contributed by atoms with Gasteiger partial charge in [-0.2, -0.15) is 4.39 Å². The Kier molecular flexibility index (Phi) is 5.93. The van der Waals surface area contributed by atoms with Crippen molar-refractivity contribution in [3.8, 4) is 0 Å². The van der Waals surface area contributed by atoms with Gasteiger partial charge in [0.25, 0.3) is 5.91 Å². The molecule has 0 fully saturated rings. The summed E-state index contributed by atoms with van der Waals surface area (Å²) in [6.45, 7) is 8.99. The van der Waals surface area contributed by atoms with Gasteiger partial charge in [-0.25, -0.2) is 4.98 Å². The minimum atomic E-state index is -0.611. The molecule has 4 heteroatoms. The van der Waals surface area contributed by atoms with Gasteiger partial charge in [-0.05, 0) is 24.8 Å². The SMILES string of the molecule is CCC(CC)N(CC(C)C)C(=O)c1ccnc(F)c1. The molecule has 0 radical (unpaired) electrons. The highest BCUT2D eigenvalue weighted by Gasteiger charge is 2.23. The quantitative estimate of drug-likeness (QED) is 0.738. The van der Waals surface area contributed by atoms with E-state index in [9.17, 15) is 9.18 Å². The third kappa shape index (κ3) is 4.30. The molecule has 19 heavy (non-hydrogen) atoms. The highest BCUT2D eigenvalue weighted by Crippen LogP contribution is 2.16. The van der Waals surface area contributed by atoms with Crippen LogP contribution in [0.3, 0.4) is 0 Å². The number of carbonyl (C=O) groups excluding carboxylic acids is 1. The number of rotatable bonds is 6. The van der Waals surface area contributed by atoms with Gasteiger partial charge >= 0.3 is 0 Å². The minimum absolute atomic E-state index is 0.108. The maximum atomic E-state index is 13.1. The smallest absolute Gasteiger partial charge is 0.254 e. The summed E-state index contributed by atoms with van der Waals surface area (Å²) in [5, 5.41) is 0. The number of carbonyl (C=O) groups is 1. The lowest BCUT2D eigenvalue weighted by atomic mass is 10.1. The van der Waals surface area contributed by atoms with Crippen LogP contribution in [0.25, 0.3) is 0 Å². The molecule has 0 aliphatic carbocycles. The second-order valence-electron chi connectivity index (χ2n) is 5.19.